The van der Waals surface area contributed by atoms with Crippen molar-refractivity contribution in [1.29, 1.82) is 0 Å². The Labute approximate surface area is 120 Å². The highest BCUT2D eigenvalue weighted by Crippen LogP contribution is 2.22. The van der Waals surface area contributed by atoms with Crippen molar-refractivity contribution in [3.05, 3.63) is 47.1 Å². The quantitative estimate of drug-likeness (QED) is 0.878. The first-order valence-corrected chi connectivity index (χ1v) is 8.02. The van der Waals surface area contributed by atoms with E-state index < -0.39 is 27.7 Å². The van der Waals surface area contributed by atoms with Gasteiger partial charge < -0.3 is 5.11 Å². The van der Waals surface area contributed by atoms with E-state index >= 15 is 0 Å². The number of carbonyl (C=O) groups is 1. The molecule has 0 aliphatic heterocycles. The SMILES string of the molecule is CC(NS(=O)(=O)c1scnc1C(=O)O)c1ccccc1. The first kappa shape index (κ1) is 14.6. The van der Waals surface area contributed by atoms with Crippen LogP contribution in [0.3, 0.4) is 0 Å². The van der Waals surface area contributed by atoms with E-state index in [9.17, 15) is 13.2 Å². The van der Waals surface area contributed by atoms with Crippen LogP contribution >= 0.6 is 11.3 Å². The molecule has 2 aromatic rings. The molecule has 2 rings (SSSR count). The normalized spacial score (nSPS) is 13.1. The van der Waals surface area contributed by atoms with Gasteiger partial charge in [0.15, 0.2) is 9.90 Å². The van der Waals surface area contributed by atoms with Crippen LogP contribution in [0, 0.1) is 0 Å². The third kappa shape index (κ3) is 3.03. The number of hydrogen-bond donors (Lipinski definition) is 2. The smallest absolute Gasteiger partial charge is 0.356 e. The molecule has 106 valence electrons. The van der Waals surface area contributed by atoms with E-state index in [2.05, 4.69) is 9.71 Å². The maximum Gasteiger partial charge on any atom is 0.356 e. The van der Waals surface area contributed by atoms with Crippen LogP contribution in [0.4, 0.5) is 0 Å². The fourth-order valence-electron chi connectivity index (χ4n) is 1.66. The molecule has 8 heteroatoms. The van der Waals surface area contributed by atoms with Crippen LogP contribution in [0.1, 0.15) is 29.0 Å². The van der Waals surface area contributed by atoms with Crippen LogP contribution in [-0.4, -0.2) is 24.5 Å². The number of aromatic nitrogens is 1. The zero-order valence-electron chi connectivity index (χ0n) is 10.5. The maximum atomic E-state index is 12.2. The number of rotatable bonds is 5. The minimum Gasteiger partial charge on any atom is -0.476 e. The van der Waals surface area contributed by atoms with E-state index in [-0.39, 0.29) is 4.21 Å². The Balaban J connectivity index is 2.28. The molecule has 1 heterocycles. The summed E-state index contributed by atoms with van der Waals surface area (Å²) in [5.74, 6) is -1.36. The molecule has 0 fully saturated rings. The van der Waals surface area contributed by atoms with E-state index in [1.165, 1.54) is 5.51 Å². The molecule has 1 atom stereocenters. The number of carboxylic acid groups (broad SMARTS) is 1. The molecule has 0 saturated carbocycles. The van der Waals surface area contributed by atoms with E-state index in [4.69, 9.17) is 5.11 Å². The van der Waals surface area contributed by atoms with Gasteiger partial charge in [0.25, 0.3) is 10.0 Å². The predicted molar refractivity (Wildman–Crippen MR) is 74.3 cm³/mol. The monoisotopic (exact) mass is 312 g/mol. The zero-order valence-corrected chi connectivity index (χ0v) is 12.1. The van der Waals surface area contributed by atoms with Crippen molar-refractivity contribution >= 4 is 27.3 Å². The highest BCUT2D eigenvalue weighted by molar-refractivity contribution is 7.91. The van der Waals surface area contributed by atoms with E-state index in [1.807, 2.05) is 6.07 Å². The minimum absolute atomic E-state index is 0.284. The lowest BCUT2D eigenvalue weighted by Gasteiger charge is -2.13. The number of sulfonamides is 1. The largest absolute Gasteiger partial charge is 0.476 e. The minimum atomic E-state index is -3.91. The average Bonchev–Trinajstić information content (AvgIpc) is 2.89. The summed E-state index contributed by atoms with van der Waals surface area (Å²) >= 11 is 0.780. The second-order valence-corrected chi connectivity index (χ2v) is 6.81. The molecule has 2 N–H and O–H groups in total. The van der Waals surface area contributed by atoms with Gasteiger partial charge in [-0.05, 0) is 12.5 Å². The number of thiazole rings is 1. The molecule has 1 aromatic carbocycles. The summed E-state index contributed by atoms with van der Waals surface area (Å²) in [5, 5.41) is 8.92. The summed E-state index contributed by atoms with van der Waals surface area (Å²) in [5.41, 5.74) is 1.53. The lowest BCUT2D eigenvalue weighted by atomic mass is 10.1. The van der Waals surface area contributed by atoms with E-state index in [0.29, 0.717) is 0 Å². The maximum absolute atomic E-state index is 12.2. The van der Waals surface area contributed by atoms with Crippen LogP contribution in [0.5, 0.6) is 0 Å². The van der Waals surface area contributed by atoms with Crippen LogP contribution < -0.4 is 4.72 Å². The first-order valence-electron chi connectivity index (χ1n) is 5.66. The number of carboxylic acids is 1. The molecule has 20 heavy (non-hydrogen) atoms. The summed E-state index contributed by atoms with van der Waals surface area (Å²) in [7, 11) is -3.91. The van der Waals surface area contributed by atoms with Crippen LogP contribution in [-0.2, 0) is 10.0 Å². The van der Waals surface area contributed by atoms with Crippen molar-refractivity contribution in [2.24, 2.45) is 0 Å². The number of benzene rings is 1. The summed E-state index contributed by atoms with van der Waals surface area (Å²) in [4.78, 5) is 14.5. The molecule has 1 unspecified atom stereocenters. The van der Waals surface area contributed by atoms with Crippen molar-refractivity contribution in [3.63, 3.8) is 0 Å². The fraction of sp³-hybridized carbons (Fsp3) is 0.167. The van der Waals surface area contributed by atoms with Crippen LogP contribution in [0.25, 0.3) is 0 Å². The molecule has 6 nitrogen and oxygen atoms in total. The van der Waals surface area contributed by atoms with Gasteiger partial charge >= 0.3 is 5.97 Å². The lowest BCUT2D eigenvalue weighted by Crippen LogP contribution is -2.27. The second kappa shape index (κ2) is 5.70. The Morgan fingerprint density at radius 3 is 2.60 bits per heavy atom. The lowest BCUT2D eigenvalue weighted by molar-refractivity contribution is 0.0687. The van der Waals surface area contributed by atoms with Crippen LogP contribution in [0.2, 0.25) is 0 Å². The van der Waals surface area contributed by atoms with Crippen molar-refractivity contribution in [2.45, 2.75) is 17.2 Å². The Morgan fingerprint density at radius 2 is 2.00 bits per heavy atom. The highest BCUT2D eigenvalue weighted by atomic mass is 32.2. The molecular weight excluding hydrogens is 300 g/mol. The summed E-state index contributed by atoms with van der Waals surface area (Å²) in [6, 6.07) is 8.54. The molecule has 0 aliphatic carbocycles. The van der Waals surface area contributed by atoms with Crippen LogP contribution in [0.15, 0.2) is 40.1 Å². The van der Waals surface area contributed by atoms with Gasteiger partial charge in [-0.25, -0.2) is 22.9 Å². The van der Waals surface area contributed by atoms with E-state index in [1.54, 1.807) is 31.2 Å². The van der Waals surface area contributed by atoms with Crippen molar-refractivity contribution in [1.82, 2.24) is 9.71 Å². The van der Waals surface area contributed by atoms with Gasteiger partial charge in [0, 0.05) is 6.04 Å². The second-order valence-electron chi connectivity index (χ2n) is 4.05. The molecule has 0 spiro atoms. The first-order chi connectivity index (χ1) is 9.42. The third-order valence-corrected chi connectivity index (χ3v) is 5.52. The van der Waals surface area contributed by atoms with Gasteiger partial charge in [-0.2, -0.15) is 0 Å². The van der Waals surface area contributed by atoms with Crippen molar-refractivity contribution < 1.29 is 18.3 Å². The molecule has 0 bridgehead atoms. The topological polar surface area (TPSA) is 96.4 Å². The predicted octanol–water partition coefficient (Wildman–Crippen LogP) is 1.88. The van der Waals surface area contributed by atoms with Gasteiger partial charge in [0.05, 0.1) is 5.51 Å². The van der Waals surface area contributed by atoms with Gasteiger partial charge in [0.1, 0.15) is 0 Å². The summed E-state index contributed by atoms with van der Waals surface area (Å²) in [6.07, 6.45) is 0. The van der Waals surface area contributed by atoms with Crippen molar-refractivity contribution in [2.75, 3.05) is 0 Å². The Hall–Kier alpha value is -1.77. The molecule has 1 aromatic heterocycles. The van der Waals surface area contributed by atoms with Gasteiger partial charge in [-0.3, -0.25) is 0 Å². The number of nitrogens with one attached hydrogen (secondary N) is 1. The molecular formula is C12H12N2O4S2. The van der Waals surface area contributed by atoms with Gasteiger partial charge in [-0.1, -0.05) is 30.3 Å². The molecule has 0 aliphatic rings. The van der Waals surface area contributed by atoms with Gasteiger partial charge in [-0.15, -0.1) is 11.3 Å². The van der Waals surface area contributed by atoms with Crippen molar-refractivity contribution in [3.8, 4) is 0 Å². The van der Waals surface area contributed by atoms with E-state index in [0.717, 1.165) is 16.9 Å². The number of nitrogens with zero attached hydrogens (tertiary/aromatic N) is 1. The standard InChI is InChI=1S/C12H12N2O4S2/c1-8(9-5-3-2-4-6-9)14-20(17,18)12-10(11(15)16)13-7-19-12/h2-8,14H,1H3,(H,15,16). The average molecular weight is 312 g/mol. The highest BCUT2D eigenvalue weighted by Gasteiger charge is 2.27. The molecule has 0 radical (unpaired) electrons. The zero-order chi connectivity index (χ0) is 14.8. The number of hydrogen-bond acceptors (Lipinski definition) is 5. The Bertz CT molecular complexity index is 710. The third-order valence-electron chi connectivity index (χ3n) is 2.61. The Morgan fingerprint density at radius 1 is 1.35 bits per heavy atom. The molecule has 0 saturated heterocycles. The van der Waals surface area contributed by atoms with Gasteiger partial charge in [0.2, 0.25) is 0 Å². The number of aromatic carboxylic acids is 1. The summed E-state index contributed by atoms with van der Waals surface area (Å²) in [6.45, 7) is 1.69. The Kier molecular flexibility index (Phi) is 4.17. The summed E-state index contributed by atoms with van der Waals surface area (Å²) < 4.78 is 26.6. The fourth-order valence-corrected chi connectivity index (χ4v) is 4.05. The molecule has 0 amide bonds.